The number of piperidine rings is 1. The molecule has 4 N–H and O–H groups in total. The fourth-order valence-electron chi connectivity index (χ4n) is 4.62. The highest BCUT2D eigenvalue weighted by molar-refractivity contribution is 5.73. The summed E-state index contributed by atoms with van der Waals surface area (Å²) in [6.45, 7) is 2.99. The maximum atomic E-state index is 10.6. The van der Waals surface area contributed by atoms with Gasteiger partial charge < -0.3 is 21.1 Å². The van der Waals surface area contributed by atoms with Crippen molar-refractivity contribution in [2.24, 2.45) is 5.92 Å². The van der Waals surface area contributed by atoms with E-state index in [-0.39, 0.29) is 0 Å². The van der Waals surface area contributed by atoms with Gasteiger partial charge in [-0.15, -0.1) is 0 Å². The predicted octanol–water partition coefficient (Wildman–Crippen LogP) is 5.47. The summed E-state index contributed by atoms with van der Waals surface area (Å²) in [6, 6.07) is 14.5. The van der Waals surface area contributed by atoms with Gasteiger partial charge in [0.1, 0.15) is 17.5 Å². The van der Waals surface area contributed by atoms with E-state index in [0.717, 1.165) is 61.5 Å². The van der Waals surface area contributed by atoms with E-state index in [0.29, 0.717) is 5.92 Å². The molecule has 0 amide bonds. The lowest BCUT2D eigenvalue weighted by molar-refractivity contribution is -0.192. The van der Waals surface area contributed by atoms with Crippen molar-refractivity contribution in [1.29, 1.82) is 0 Å². The summed E-state index contributed by atoms with van der Waals surface area (Å²) in [7, 11) is 0. The number of alkyl halides is 3. The molecule has 8 nitrogen and oxygen atoms in total. The topological polar surface area (TPSA) is 117 Å². The number of carboxylic acids is 1. The molecule has 1 aliphatic heterocycles. The number of nitrogens with one attached hydrogen (secondary N) is 1. The molecule has 214 valence electrons. The Balaban J connectivity index is 0.000000470. The van der Waals surface area contributed by atoms with E-state index in [4.69, 9.17) is 25.6 Å². The van der Waals surface area contributed by atoms with Crippen LogP contribution in [0.4, 0.5) is 30.5 Å². The number of hydrogen-bond donors (Lipinski definition) is 3. The number of aromatic nitrogens is 3. The van der Waals surface area contributed by atoms with Crippen molar-refractivity contribution >= 4 is 23.3 Å². The molecule has 5 rings (SSSR count). The molecule has 2 fully saturated rings. The number of halogens is 3. The van der Waals surface area contributed by atoms with Gasteiger partial charge in [-0.3, -0.25) is 4.98 Å². The van der Waals surface area contributed by atoms with E-state index in [2.05, 4.69) is 39.5 Å². The molecular formula is C29H35F3N6O2. The molecule has 0 bridgehead atoms. The van der Waals surface area contributed by atoms with Crippen molar-refractivity contribution in [2.45, 2.75) is 57.0 Å². The number of benzene rings is 1. The minimum atomic E-state index is -5.08. The fourth-order valence-corrected chi connectivity index (χ4v) is 4.62. The Bertz CT molecular complexity index is 1230. The van der Waals surface area contributed by atoms with Crippen molar-refractivity contribution < 1.29 is 23.1 Å². The van der Waals surface area contributed by atoms with Gasteiger partial charge in [-0.2, -0.15) is 13.2 Å². The van der Waals surface area contributed by atoms with Crippen LogP contribution in [0.15, 0.2) is 54.9 Å². The zero-order valence-corrected chi connectivity index (χ0v) is 22.3. The van der Waals surface area contributed by atoms with Crippen molar-refractivity contribution in [3.63, 3.8) is 0 Å². The van der Waals surface area contributed by atoms with Crippen LogP contribution in [-0.4, -0.2) is 51.8 Å². The first-order chi connectivity index (χ1) is 19.2. The van der Waals surface area contributed by atoms with Gasteiger partial charge in [-0.1, -0.05) is 18.2 Å². The number of carbonyl (C=O) groups is 1. The first-order valence-corrected chi connectivity index (χ1v) is 13.6. The number of aliphatic carboxylic acids is 1. The zero-order valence-electron chi connectivity index (χ0n) is 22.3. The SMILES string of the molecule is Nc1ccc(CCNc2cc(N3CCC(CCc4cccnc4)CC3)nc(C3CC3)n2)cc1.O=C(O)C(F)(F)F. The molecule has 2 aliphatic rings. The molecule has 3 aromatic rings. The van der Waals surface area contributed by atoms with Crippen LogP contribution in [0.5, 0.6) is 0 Å². The fraction of sp³-hybridized carbons (Fsp3) is 0.448. The van der Waals surface area contributed by atoms with Crippen LogP contribution in [0.1, 0.15) is 55.0 Å². The Kier molecular flexibility index (Phi) is 9.79. The molecular weight excluding hydrogens is 521 g/mol. The average Bonchev–Trinajstić information content (AvgIpc) is 3.80. The third kappa shape index (κ3) is 9.10. The van der Waals surface area contributed by atoms with E-state index < -0.39 is 12.1 Å². The number of pyridine rings is 1. The second kappa shape index (κ2) is 13.5. The van der Waals surface area contributed by atoms with Gasteiger partial charge in [-0.25, -0.2) is 14.8 Å². The quantitative estimate of drug-likeness (QED) is 0.297. The lowest BCUT2D eigenvalue weighted by atomic mass is 9.91. The molecule has 2 aromatic heterocycles. The maximum absolute atomic E-state index is 10.6. The van der Waals surface area contributed by atoms with Crippen LogP contribution >= 0.6 is 0 Å². The standard InChI is InChI=1S/C27H34N6.C2HF3O2/c28-24-9-5-20(6-10-24)11-15-30-25-18-26(32-27(31-25)23-7-8-23)33-16-12-21(13-17-33)3-4-22-2-1-14-29-19-22;3-2(4,5)1(6)7/h1-2,5-6,9-10,14,18-19,21,23H,3-4,7-8,11-13,15-17,28H2,(H,30,31,32);(H,6,7). The first kappa shape index (κ1) is 29.1. The second-order valence-electron chi connectivity index (χ2n) is 10.3. The molecule has 1 aliphatic carbocycles. The number of carboxylic acid groups (broad SMARTS) is 1. The van der Waals surface area contributed by atoms with Gasteiger partial charge in [-0.05, 0) is 80.2 Å². The summed E-state index contributed by atoms with van der Waals surface area (Å²) < 4.78 is 31.7. The van der Waals surface area contributed by atoms with E-state index in [1.807, 2.05) is 30.6 Å². The molecule has 1 saturated carbocycles. The molecule has 0 atom stereocenters. The van der Waals surface area contributed by atoms with Gasteiger partial charge in [0, 0.05) is 49.7 Å². The van der Waals surface area contributed by atoms with Crippen LogP contribution in [0.3, 0.4) is 0 Å². The normalized spacial score (nSPS) is 15.7. The van der Waals surface area contributed by atoms with Gasteiger partial charge in [0.05, 0.1) is 0 Å². The van der Waals surface area contributed by atoms with Crippen LogP contribution in [0.2, 0.25) is 0 Å². The highest BCUT2D eigenvalue weighted by Gasteiger charge is 2.38. The van der Waals surface area contributed by atoms with Crippen LogP contribution in [-0.2, 0) is 17.6 Å². The number of aryl methyl sites for hydroxylation is 1. The Morgan fingerprint density at radius 1 is 1.02 bits per heavy atom. The summed E-state index contributed by atoms with van der Waals surface area (Å²) in [5.74, 6) is 1.63. The third-order valence-electron chi connectivity index (χ3n) is 7.12. The highest BCUT2D eigenvalue weighted by Crippen LogP contribution is 2.39. The molecule has 3 heterocycles. The van der Waals surface area contributed by atoms with Gasteiger partial charge in [0.2, 0.25) is 0 Å². The Morgan fingerprint density at radius 2 is 1.73 bits per heavy atom. The minimum Gasteiger partial charge on any atom is -0.475 e. The summed E-state index contributed by atoms with van der Waals surface area (Å²) in [5, 5.41) is 10.7. The lowest BCUT2D eigenvalue weighted by Gasteiger charge is -2.33. The van der Waals surface area contributed by atoms with E-state index >= 15 is 0 Å². The van der Waals surface area contributed by atoms with Gasteiger partial charge in [0.15, 0.2) is 0 Å². The average molecular weight is 557 g/mol. The van der Waals surface area contributed by atoms with E-state index in [9.17, 15) is 13.2 Å². The molecule has 1 aromatic carbocycles. The number of nitrogens with two attached hydrogens (primary N) is 1. The van der Waals surface area contributed by atoms with Crippen LogP contribution < -0.4 is 16.0 Å². The molecule has 0 spiro atoms. The van der Waals surface area contributed by atoms with Crippen molar-refractivity contribution in [2.75, 3.05) is 35.6 Å². The van der Waals surface area contributed by atoms with Crippen molar-refractivity contribution in [3.8, 4) is 0 Å². The zero-order chi connectivity index (χ0) is 28.5. The third-order valence-corrected chi connectivity index (χ3v) is 7.12. The number of nitrogens with zero attached hydrogens (tertiary/aromatic N) is 4. The summed E-state index contributed by atoms with van der Waals surface area (Å²) in [5.41, 5.74) is 9.23. The summed E-state index contributed by atoms with van der Waals surface area (Å²) >= 11 is 0. The summed E-state index contributed by atoms with van der Waals surface area (Å²) in [4.78, 5) is 25.4. The highest BCUT2D eigenvalue weighted by atomic mass is 19.4. The number of anilines is 3. The Labute approximate surface area is 231 Å². The Morgan fingerprint density at radius 3 is 2.33 bits per heavy atom. The smallest absolute Gasteiger partial charge is 0.475 e. The minimum absolute atomic E-state index is 0.541. The molecule has 11 heteroatoms. The van der Waals surface area contributed by atoms with Crippen molar-refractivity contribution in [3.05, 3.63) is 71.8 Å². The van der Waals surface area contributed by atoms with Crippen molar-refractivity contribution in [1.82, 2.24) is 15.0 Å². The number of nitrogen functional groups attached to an aromatic ring is 1. The summed E-state index contributed by atoms with van der Waals surface area (Å²) in [6.07, 6.45) is 6.95. The molecule has 0 unspecified atom stereocenters. The predicted molar refractivity (Wildman–Crippen MR) is 148 cm³/mol. The second-order valence-corrected chi connectivity index (χ2v) is 10.3. The van der Waals surface area contributed by atoms with Crippen LogP contribution in [0.25, 0.3) is 0 Å². The lowest BCUT2D eigenvalue weighted by Crippen LogP contribution is -2.34. The molecule has 0 radical (unpaired) electrons. The van der Waals surface area contributed by atoms with E-state index in [1.54, 1.807) is 0 Å². The van der Waals surface area contributed by atoms with Gasteiger partial charge in [0.25, 0.3) is 0 Å². The molecule has 1 saturated heterocycles. The van der Waals surface area contributed by atoms with Crippen LogP contribution in [0, 0.1) is 5.92 Å². The maximum Gasteiger partial charge on any atom is 0.490 e. The first-order valence-electron chi connectivity index (χ1n) is 13.6. The number of rotatable bonds is 9. The van der Waals surface area contributed by atoms with Gasteiger partial charge >= 0.3 is 12.1 Å². The number of hydrogen-bond acceptors (Lipinski definition) is 7. The monoisotopic (exact) mass is 556 g/mol. The van der Waals surface area contributed by atoms with E-state index in [1.165, 1.54) is 43.2 Å². The largest absolute Gasteiger partial charge is 0.490 e. The Hall–Kier alpha value is -3.89. The molecule has 40 heavy (non-hydrogen) atoms.